The van der Waals surface area contributed by atoms with Crippen LogP contribution in [0.3, 0.4) is 0 Å². The van der Waals surface area contributed by atoms with E-state index < -0.39 is 6.10 Å². The summed E-state index contributed by atoms with van der Waals surface area (Å²) in [6.45, 7) is 5.99. The maximum atomic E-state index is 12.6. The highest BCUT2D eigenvalue weighted by molar-refractivity contribution is 6.01. The van der Waals surface area contributed by atoms with Gasteiger partial charge in [0.2, 0.25) is 5.91 Å². The molecule has 5 nitrogen and oxygen atoms in total. The Labute approximate surface area is 164 Å². The molecular formula is C23H26N2O3. The first-order valence-electron chi connectivity index (χ1n) is 9.51. The molecule has 0 fully saturated rings. The Morgan fingerprint density at radius 3 is 2.64 bits per heavy atom. The molecule has 1 heterocycles. The van der Waals surface area contributed by atoms with Crippen molar-refractivity contribution in [3.8, 4) is 0 Å². The average molecular weight is 378 g/mol. The van der Waals surface area contributed by atoms with Gasteiger partial charge in [0.15, 0.2) is 0 Å². The Morgan fingerprint density at radius 2 is 1.93 bits per heavy atom. The van der Waals surface area contributed by atoms with Crippen molar-refractivity contribution in [3.63, 3.8) is 0 Å². The number of aryl methyl sites for hydroxylation is 3. The van der Waals surface area contributed by atoms with E-state index in [0.29, 0.717) is 29.3 Å². The fraction of sp³-hybridized carbons (Fsp3) is 0.304. The number of fused-ring (bicyclic) bond motifs is 1. The van der Waals surface area contributed by atoms with Crippen LogP contribution in [0.4, 0.5) is 5.69 Å². The second-order valence-corrected chi connectivity index (χ2v) is 7.37. The molecular weight excluding hydrogens is 352 g/mol. The molecule has 1 unspecified atom stereocenters. The number of anilines is 1. The zero-order valence-electron chi connectivity index (χ0n) is 16.5. The Bertz CT molecular complexity index is 1070. The lowest BCUT2D eigenvalue weighted by Gasteiger charge is -2.12. The molecule has 2 aromatic carbocycles. The number of carbonyl (C=O) groups is 1. The van der Waals surface area contributed by atoms with E-state index in [1.165, 1.54) is 21.3 Å². The molecule has 0 spiro atoms. The van der Waals surface area contributed by atoms with Gasteiger partial charge in [-0.1, -0.05) is 29.8 Å². The highest BCUT2D eigenvalue weighted by Crippen LogP contribution is 2.21. The smallest absolute Gasteiger partial charge is 0.258 e. The number of nitrogens with one attached hydrogen (secondary N) is 1. The second kappa shape index (κ2) is 8.40. The molecule has 0 aliphatic rings. The molecule has 0 aliphatic heterocycles. The van der Waals surface area contributed by atoms with Crippen molar-refractivity contribution in [1.82, 2.24) is 4.57 Å². The van der Waals surface area contributed by atoms with Crippen molar-refractivity contribution in [1.29, 1.82) is 0 Å². The number of rotatable bonds is 6. The number of aliphatic hydroxyl groups is 1. The molecule has 0 radical (unpaired) electrons. The quantitative estimate of drug-likeness (QED) is 0.689. The minimum absolute atomic E-state index is 0.0827. The SMILES string of the molecule is Cc1ccc(CCC(=O)Nc2cccc3c(=O)n(CC(C)O)ccc23)c(C)c1. The third kappa shape index (κ3) is 4.49. The number of hydrogen-bond donors (Lipinski definition) is 2. The van der Waals surface area contributed by atoms with E-state index in [9.17, 15) is 14.7 Å². The Hall–Kier alpha value is -2.92. The molecule has 2 N–H and O–H groups in total. The first-order valence-corrected chi connectivity index (χ1v) is 9.51. The van der Waals surface area contributed by atoms with Crippen molar-refractivity contribution >= 4 is 22.4 Å². The van der Waals surface area contributed by atoms with Crippen molar-refractivity contribution < 1.29 is 9.90 Å². The van der Waals surface area contributed by atoms with E-state index in [0.717, 1.165) is 0 Å². The topological polar surface area (TPSA) is 71.3 Å². The number of amides is 1. The first kappa shape index (κ1) is 19.8. The van der Waals surface area contributed by atoms with Gasteiger partial charge >= 0.3 is 0 Å². The van der Waals surface area contributed by atoms with E-state index in [2.05, 4.69) is 37.4 Å². The van der Waals surface area contributed by atoms with Gasteiger partial charge in [0.25, 0.3) is 5.56 Å². The molecule has 1 atom stereocenters. The number of nitrogens with zero attached hydrogens (tertiary/aromatic N) is 1. The Morgan fingerprint density at radius 1 is 1.14 bits per heavy atom. The van der Waals surface area contributed by atoms with Crippen LogP contribution in [-0.4, -0.2) is 21.7 Å². The normalized spacial score (nSPS) is 12.1. The molecule has 28 heavy (non-hydrogen) atoms. The average Bonchev–Trinajstić information content (AvgIpc) is 2.63. The van der Waals surface area contributed by atoms with Crippen LogP contribution in [-0.2, 0) is 17.8 Å². The molecule has 3 rings (SSSR count). The van der Waals surface area contributed by atoms with Gasteiger partial charge in [-0.2, -0.15) is 0 Å². The van der Waals surface area contributed by atoms with E-state index in [1.54, 1.807) is 37.4 Å². The summed E-state index contributed by atoms with van der Waals surface area (Å²) in [6, 6.07) is 13.4. The van der Waals surface area contributed by atoms with Crippen molar-refractivity contribution in [2.24, 2.45) is 0 Å². The standard InChI is InChI=1S/C23H26N2O3/c1-15-7-8-18(16(2)13-15)9-10-22(27)24-21-6-4-5-20-19(21)11-12-25(23(20)28)14-17(3)26/h4-8,11-13,17,26H,9-10,14H2,1-3H3,(H,24,27). The van der Waals surface area contributed by atoms with Crippen LogP contribution >= 0.6 is 0 Å². The van der Waals surface area contributed by atoms with Crippen LogP contribution < -0.4 is 10.9 Å². The third-order valence-corrected chi connectivity index (χ3v) is 4.87. The van der Waals surface area contributed by atoms with Crippen molar-refractivity contribution in [2.75, 3.05) is 5.32 Å². The molecule has 1 aromatic heterocycles. The van der Waals surface area contributed by atoms with Gasteiger partial charge in [0, 0.05) is 29.1 Å². The van der Waals surface area contributed by atoms with Gasteiger partial charge in [-0.05, 0) is 56.5 Å². The molecule has 146 valence electrons. The molecule has 3 aromatic rings. The molecule has 5 heteroatoms. The number of hydrogen-bond acceptors (Lipinski definition) is 3. The molecule has 0 aliphatic carbocycles. The van der Waals surface area contributed by atoms with Crippen LogP contribution in [0.2, 0.25) is 0 Å². The number of carbonyl (C=O) groups excluding carboxylic acids is 1. The predicted octanol–water partition coefficient (Wildman–Crippen LogP) is 3.57. The summed E-state index contributed by atoms with van der Waals surface area (Å²) in [5.74, 6) is -0.0827. The number of pyridine rings is 1. The van der Waals surface area contributed by atoms with Gasteiger partial charge in [-0.25, -0.2) is 0 Å². The molecule has 1 amide bonds. The monoisotopic (exact) mass is 378 g/mol. The highest BCUT2D eigenvalue weighted by Gasteiger charge is 2.11. The summed E-state index contributed by atoms with van der Waals surface area (Å²) in [5, 5.41) is 13.7. The maximum Gasteiger partial charge on any atom is 0.258 e. The largest absolute Gasteiger partial charge is 0.392 e. The summed E-state index contributed by atoms with van der Waals surface area (Å²) < 4.78 is 1.48. The van der Waals surface area contributed by atoms with E-state index in [-0.39, 0.29) is 18.0 Å². The Balaban J connectivity index is 1.77. The van der Waals surface area contributed by atoms with Crippen LogP contribution in [0, 0.1) is 13.8 Å². The van der Waals surface area contributed by atoms with Crippen molar-refractivity contribution in [2.45, 2.75) is 46.3 Å². The second-order valence-electron chi connectivity index (χ2n) is 7.37. The Kier molecular flexibility index (Phi) is 5.95. The van der Waals surface area contributed by atoms with Gasteiger partial charge < -0.3 is 15.0 Å². The first-order chi connectivity index (χ1) is 13.3. The van der Waals surface area contributed by atoms with Crippen LogP contribution in [0.5, 0.6) is 0 Å². The maximum absolute atomic E-state index is 12.6. The number of aliphatic hydroxyl groups excluding tert-OH is 1. The lowest BCUT2D eigenvalue weighted by atomic mass is 10.0. The predicted molar refractivity (Wildman–Crippen MR) is 113 cm³/mol. The summed E-state index contributed by atoms with van der Waals surface area (Å²) in [7, 11) is 0. The molecule has 0 saturated heterocycles. The number of benzene rings is 2. The minimum atomic E-state index is -0.608. The fourth-order valence-corrected chi connectivity index (χ4v) is 3.44. The molecule has 0 saturated carbocycles. The van der Waals surface area contributed by atoms with Gasteiger partial charge in [-0.15, -0.1) is 0 Å². The van der Waals surface area contributed by atoms with Crippen LogP contribution in [0.15, 0.2) is 53.5 Å². The lowest BCUT2D eigenvalue weighted by Crippen LogP contribution is -2.25. The third-order valence-electron chi connectivity index (χ3n) is 4.87. The fourth-order valence-electron chi connectivity index (χ4n) is 3.44. The summed E-state index contributed by atoms with van der Waals surface area (Å²) in [5.41, 5.74) is 4.02. The van der Waals surface area contributed by atoms with Crippen LogP contribution in [0.25, 0.3) is 10.8 Å². The zero-order valence-corrected chi connectivity index (χ0v) is 16.5. The summed E-state index contributed by atoms with van der Waals surface area (Å²) in [6.07, 6.45) is 2.09. The zero-order chi connectivity index (χ0) is 20.3. The van der Waals surface area contributed by atoms with Crippen LogP contribution in [0.1, 0.15) is 30.0 Å². The van der Waals surface area contributed by atoms with Gasteiger partial charge in [-0.3, -0.25) is 9.59 Å². The molecule has 0 bridgehead atoms. The van der Waals surface area contributed by atoms with E-state index in [1.807, 2.05) is 0 Å². The van der Waals surface area contributed by atoms with Gasteiger partial charge in [0.1, 0.15) is 0 Å². The minimum Gasteiger partial charge on any atom is -0.392 e. The van der Waals surface area contributed by atoms with E-state index in [4.69, 9.17) is 0 Å². The van der Waals surface area contributed by atoms with Crippen molar-refractivity contribution in [3.05, 3.63) is 75.7 Å². The number of aromatic nitrogens is 1. The van der Waals surface area contributed by atoms with Gasteiger partial charge in [0.05, 0.1) is 12.6 Å². The highest BCUT2D eigenvalue weighted by atomic mass is 16.3. The summed E-state index contributed by atoms with van der Waals surface area (Å²) in [4.78, 5) is 25.1. The van der Waals surface area contributed by atoms with E-state index >= 15 is 0 Å². The summed E-state index contributed by atoms with van der Waals surface area (Å²) >= 11 is 0. The lowest BCUT2D eigenvalue weighted by molar-refractivity contribution is -0.116.